The summed E-state index contributed by atoms with van der Waals surface area (Å²) in [6.45, 7) is 8.61. The first-order chi connectivity index (χ1) is 3.13. The number of rotatable bonds is 2. The molecule has 0 unspecified atom stereocenters. The molecule has 0 aromatic rings. The quantitative estimate of drug-likeness (QED) is 0.447. The molecule has 60 valence electrons. The van der Waals surface area contributed by atoms with Crippen LogP contribution in [0.25, 0.3) is 0 Å². The van der Waals surface area contributed by atoms with Crippen molar-refractivity contribution in [2.24, 2.45) is 0 Å². The van der Waals surface area contributed by atoms with E-state index >= 15 is 0 Å². The first-order valence-electron chi connectivity index (χ1n) is 2.89. The van der Waals surface area contributed by atoms with Crippen LogP contribution < -0.4 is 36.6 Å². The molecular formula is C6H16Cl2LiMgN+2. The van der Waals surface area contributed by atoms with Gasteiger partial charge in [0.15, 0.2) is 0 Å². The predicted molar refractivity (Wildman–Crippen MR) is 46.4 cm³/mol. The number of hydrogen-bond donors (Lipinski definition) is 1. The van der Waals surface area contributed by atoms with Gasteiger partial charge in [0.2, 0.25) is 0 Å². The van der Waals surface area contributed by atoms with Gasteiger partial charge in [0.25, 0.3) is 0 Å². The van der Waals surface area contributed by atoms with Gasteiger partial charge in [0.05, 0.1) is 0 Å². The van der Waals surface area contributed by atoms with Gasteiger partial charge in [-0.3, -0.25) is 0 Å². The molecule has 0 aromatic heterocycles. The number of nitrogens with one attached hydrogen (secondary N) is 1. The largest absolute Gasteiger partial charge is 2.00 e. The minimum atomic E-state index is 0. The second-order valence-electron chi connectivity index (χ2n) is 2.48. The fourth-order valence-corrected chi connectivity index (χ4v) is 0.667. The summed E-state index contributed by atoms with van der Waals surface area (Å²) in [5.41, 5.74) is 0. The Hall–Kier alpha value is 1.90. The van der Waals surface area contributed by atoms with Gasteiger partial charge in [-0.2, -0.15) is 0 Å². The predicted octanol–water partition coefficient (Wildman–Crippen LogP) is -4.56. The Kier molecular flexibility index (Phi) is 47.5. The molecule has 0 bridgehead atoms. The molecule has 0 saturated carbocycles. The molecule has 0 spiro atoms. The van der Waals surface area contributed by atoms with E-state index in [4.69, 9.17) is 0 Å². The van der Waals surface area contributed by atoms with Gasteiger partial charge in [0, 0.05) is 12.1 Å². The Bertz CT molecular complexity index is 49.8. The number of hydrogen-bond acceptors (Lipinski definition) is 1. The van der Waals surface area contributed by atoms with Crippen molar-refractivity contribution in [3.63, 3.8) is 0 Å². The summed E-state index contributed by atoms with van der Waals surface area (Å²) in [5.74, 6) is 0. The molecule has 0 aliphatic carbocycles. The molecule has 11 heavy (non-hydrogen) atoms. The molecule has 0 heterocycles. The topological polar surface area (TPSA) is 12.0 Å². The van der Waals surface area contributed by atoms with Crippen LogP contribution in [0.3, 0.4) is 0 Å². The molecule has 0 aliphatic heterocycles. The van der Waals surface area contributed by atoms with E-state index in [1.165, 1.54) is 0 Å². The van der Waals surface area contributed by atoms with E-state index in [2.05, 4.69) is 33.0 Å². The Balaban J connectivity index is -0.0000000300. The van der Waals surface area contributed by atoms with Gasteiger partial charge in [-0.1, -0.05) is 27.7 Å². The second kappa shape index (κ2) is 17.9. The standard InChI is InChI=1S/C6H15N.2ClH.Li.Mg/c1-5(2)7-6(3)4;;;;/h5-7H,1-4H3;2*1H;;/q;;;+1;+2/p-1. The molecule has 0 aliphatic rings. The van der Waals surface area contributed by atoms with E-state index < -0.39 is 0 Å². The van der Waals surface area contributed by atoms with E-state index in [9.17, 15) is 0 Å². The molecule has 0 amide bonds. The third-order valence-corrected chi connectivity index (χ3v) is 0.667. The zero-order chi connectivity index (χ0) is 5.86. The second-order valence-corrected chi connectivity index (χ2v) is 2.48. The zero-order valence-corrected chi connectivity index (χ0v) is 11.1. The maximum absolute atomic E-state index is 3.31. The van der Waals surface area contributed by atoms with Crippen molar-refractivity contribution in [1.29, 1.82) is 0 Å². The van der Waals surface area contributed by atoms with Crippen LogP contribution in [0.4, 0.5) is 0 Å². The van der Waals surface area contributed by atoms with Crippen LogP contribution in [0.5, 0.6) is 0 Å². The average molecular weight is 204 g/mol. The van der Waals surface area contributed by atoms with E-state index in [1.807, 2.05) is 0 Å². The summed E-state index contributed by atoms with van der Waals surface area (Å²) in [4.78, 5) is 0. The summed E-state index contributed by atoms with van der Waals surface area (Å²) >= 11 is 0. The monoisotopic (exact) mass is 203 g/mol. The van der Waals surface area contributed by atoms with Gasteiger partial charge < -0.3 is 17.7 Å². The van der Waals surface area contributed by atoms with Crippen molar-refractivity contribution in [2.75, 3.05) is 0 Å². The molecule has 0 rings (SSSR count). The molecule has 0 fully saturated rings. The summed E-state index contributed by atoms with van der Waals surface area (Å²) < 4.78 is 0. The zero-order valence-electron chi connectivity index (χ0n) is 8.15. The molecular weight excluding hydrogens is 188 g/mol. The van der Waals surface area contributed by atoms with E-state index in [0.717, 1.165) is 0 Å². The van der Waals surface area contributed by atoms with Crippen molar-refractivity contribution in [3.05, 3.63) is 0 Å². The third-order valence-electron chi connectivity index (χ3n) is 0.667. The normalized spacial score (nSPS) is 7.09. The van der Waals surface area contributed by atoms with Crippen LogP contribution in [0, 0.1) is 0 Å². The van der Waals surface area contributed by atoms with Gasteiger partial charge in [-0.15, -0.1) is 12.4 Å². The minimum absolute atomic E-state index is 0. The SMILES string of the molecule is CC(C)NC(C)C.Cl.[Cl-].[Li+].[Mg+2]. The summed E-state index contributed by atoms with van der Waals surface area (Å²) in [6.07, 6.45) is 0. The summed E-state index contributed by atoms with van der Waals surface area (Å²) in [6, 6.07) is 1.25. The van der Waals surface area contributed by atoms with Crippen molar-refractivity contribution < 1.29 is 31.3 Å². The third kappa shape index (κ3) is 33.5. The van der Waals surface area contributed by atoms with Crippen LogP contribution in [-0.4, -0.2) is 35.1 Å². The van der Waals surface area contributed by atoms with Crippen LogP contribution in [0.15, 0.2) is 0 Å². The van der Waals surface area contributed by atoms with Crippen molar-refractivity contribution in [1.82, 2.24) is 5.32 Å². The number of halogens is 2. The van der Waals surface area contributed by atoms with Crippen LogP contribution in [-0.2, 0) is 0 Å². The van der Waals surface area contributed by atoms with Gasteiger partial charge in [-0.25, -0.2) is 0 Å². The Morgan fingerprint density at radius 2 is 1.09 bits per heavy atom. The van der Waals surface area contributed by atoms with Gasteiger partial charge in [0.1, 0.15) is 0 Å². The molecule has 0 radical (unpaired) electrons. The Morgan fingerprint density at radius 1 is 0.909 bits per heavy atom. The first kappa shape index (κ1) is 29.3. The minimum Gasteiger partial charge on any atom is -1.00 e. The van der Waals surface area contributed by atoms with E-state index in [1.54, 1.807) is 0 Å². The fourth-order valence-electron chi connectivity index (χ4n) is 0.667. The van der Waals surface area contributed by atoms with E-state index in [-0.39, 0.29) is 66.7 Å². The van der Waals surface area contributed by atoms with Crippen molar-refractivity contribution in [3.8, 4) is 0 Å². The van der Waals surface area contributed by atoms with Crippen LogP contribution in [0.1, 0.15) is 27.7 Å². The first-order valence-corrected chi connectivity index (χ1v) is 2.89. The molecule has 5 heteroatoms. The molecule has 1 N–H and O–H groups in total. The molecule has 0 atom stereocenters. The van der Waals surface area contributed by atoms with Crippen molar-refractivity contribution >= 4 is 35.5 Å². The van der Waals surface area contributed by atoms with Gasteiger partial charge >= 0.3 is 41.9 Å². The maximum atomic E-state index is 3.31. The smallest absolute Gasteiger partial charge is 1.00 e. The average Bonchev–Trinajstić information content (AvgIpc) is 1.27. The van der Waals surface area contributed by atoms with Crippen LogP contribution in [0.2, 0.25) is 0 Å². The summed E-state index contributed by atoms with van der Waals surface area (Å²) in [7, 11) is 0. The Labute approximate surface area is 111 Å². The van der Waals surface area contributed by atoms with Crippen molar-refractivity contribution in [2.45, 2.75) is 39.8 Å². The summed E-state index contributed by atoms with van der Waals surface area (Å²) in [5, 5.41) is 3.31. The van der Waals surface area contributed by atoms with Crippen LogP contribution >= 0.6 is 12.4 Å². The molecule has 0 saturated heterocycles. The fraction of sp³-hybridized carbons (Fsp3) is 1.00. The Morgan fingerprint density at radius 3 is 1.09 bits per heavy atom. The maximum Gasteiger partial charge on any atom is 2.00 e. The molecule has 1 nitrogen and oxygen atoms in total. The van der Waals surface area contributed by atoms with Gasteiger partial charge in [-0.05, 0) is 0 Å². The van der Waals surface area contributed by atoms with E-state index in [0.29, 0.717) is 12.1 Å². The molecule has 0 aromatic carbocycles.